The molecule has 1 saturated heterocycles. The van der Waals surface area contributed by atoms with E-state index >= 15 is 0 Å². The van der Waals surface area contributed by atoms with Crippen LogP contribution >= 0.6 is 0 Å². The molecule has 31 heavy (non-hydrogen) atoms. The predicted octanol–water partition coefficient (Wildman–Crippen LogP) is 3.10. The van der Waals surface area contributed by atoms with Gasteiger partial charge in [-0.2, -0.15) is 0 Å². The van der Waals surface area contributed by atoms with E-state index in [-0.39, 0.29) is 36.0 Å². The van der Waals surface area contributed by atoms with Crippen molar-refractivity contribution in [2.75, 3.05) is 0 Å². The van der Waals surface area contributed by atoms with Crippen molar-refractivity contribution in [3.63, 3.8) is 0 Å². The summed E-state index contributed by atoms with van der Waals surface area (Å²) in [5, 5.41) is 10.7. The second-order valence-electron chi connectivity index (χ2n) is 8.30. The SMILES string of the molecule is O=C1C[C@@H]2[C@@H](CC[C@@H](O)C3Oc4ccccc4O3)[C@H](OC(=O)c3ccccc3)C[C@@H]2O1. The summed E-state index contributed by atoms with van der Waals surface area (Å²) in [5.74, 6) is 0.513. The summed E-state index contributed by atoms with van der Waals surface area (Å²) >= 11 is 0. The highest BCUT2D eigenvalue weighted by molar-refractivity contribution is 5.89. The average Bonchev–Trinajstić information content (AvgIpc) is 3.45. The quantitative estimate of drug-likeness (QED) is 0.713. The van der Waals surface area contributed by atoms with E-state index in [0.29, 0.717) is 42.7 Å². The van der Waals surface area contributed by atoms with Crippen molar-refractivity contribution in [3.05, 3.63) is 60.2 Å². The first-order valence-electron chi connectivity index (χ1n) is 10.6. The lowest BCUT2D eigenvalue weighted by atomic mass is 9.87. The van der Waals surface area contributed by atoms with Crippen LogP contribution in [0.4, 0.5) is 0 Å². The third-order valence-electron chi connectivity index (χ3n) is 6.37. The van der Waals surface area contributed by atoms with Gasteiger partial charge < -0.3 is 24.1 Å². The first-order chi connectivity index (χ1) is 15.1. The van der Waals surface area contributed by atoms with Gasteiger partial charge in [0.05, 0.1) is 12.0 Å². The molecule has 162 valence electrons. The summed E-state index contributed by atoms with van der Waals surface area (Å²) in [6, 6.07) is 16.1. The van der Waals surface area contributed by atoms with Crippen molar-refractivity contribution >= 4 is 11.9 Å². The number of esters is 2. The molecule has 0 unspecified atom stereocenters. The molecule has 5 rings (SSSR count). The molecule has 0 aromatic heterocycles. The third kappa shape index (κ3) is 3.97. The van der Waals surface area contributed by atoms with Crippen LogP contribution in [0.3, 0.4) is 0 Å². The van der Waals surface area contributed by atoms with Gasteiger partial charge in [0.2, 0.25) is 0 Å². The van der Waals surface area contributed by atoms with Gasteiger partial charge in [-0.05, 0) is 37.1 Å². The zero-order valence-corrected chi connectivity index (χ0v) is 16.9. The number of para-hydroxylation sites is 2. The molecule has 0 spiro atoms. The van der Waals surface area contributed by atoms with Crippen LogP contribution in [0.5, 0.6) is 11.5 Å². The summed E-state index contributed by atoms with van der Waals surface area (Å²) in [6.45, 7) is 0. The minimum Gasteiger partial charge on any atom is -0.462 e. The molecule has 2 aliphatic heterocycles. The fraction of sp³-hybridized carbons (Fsp3) is 0.417. The largest absolute Gasteiger partial charge is 0.462 e. The first kappa shape index (κ1) is 19.9. The second kappa shape index (κ2) is 8.23. The Hall–Kier alpha value is -3.06. The Morgan fingerprint density at radius 3 is 2.42 bits per heavy atom. The molecule has 5 atom stereocenters. The summed E-state index contributed by atoms with van der Waals surface area (Å²) < 4.78 is 22.7. The van der Waals surface area contributed by atoms with Gasteiger partial charge in [0.15, 0.2) is 11.5 Å². The van der Waals surface area contributed by atoms with Crippen molar-refractivity contribution < 1.29 is 33.6 Å². The van der Waals surface area contributed by atoms with Gasteiger partial charge in [0, 0.05) is 18.3 Å². The summed E-state index contributed by atoms with van der Waals surface area (Å²) in [5.41, 5.74) is 0.487. The number of rotatable bonds is 6. The maximum Gasteiger partial charge on any atom is 0.338 e. The maximum atomic E-state index is 12.6. The van der Waals surface area contributed by atoms with Gasteiger partial charge in [-0.15, -0.1) is 0 Å². The summed E-state index contributed by atoms with van der Waals surface area (Å²) in [7, 11) is 0. The first-order valence-corrected chi connectivity index (χ1v) is 10.6. The Bertz CT molecular complexity index is 934. The van der Waals surface area contributed by atoms with Crippen molar-refractivity contribution in [2.24, 2.45) is 11.8 Å². The highest BCUT2D eigenvalue weighted by atomic mass is 16.7. The van der Waals surface area contributed by atoms with E-state index in [9.17, 15) is 14.7 Å². The van der Waals surface area contributed by atoms with E-state index in [1.807, 2.05) is 18.2 Å². The molecule has 7 heteroatoms. The van der Waals surface area contributed by atoms with Crippen LogP contribution in [0.15, 0.2) is 54.6 Å². The Morgan fingerprint density at radius 1 is 1.03 bits per heavy atom. The van der Waals surface area contributed by atoms with E-state index in [1.165, 1.54) is 0 Å². The number of fused-ring (bicyclic) bond motifs is 2. The maximum absolute atomic E-state index is 12.6. The zero-order valence-electron chi connectivity index (χ0n) is 16.9. The molecule has 0 bridgehead atoms. The standard InChI is InChI=1S/C24H24O7/c25-17(24-30-18-8-4-5-9-19(18)31-24)11-10-15-16-12-22(26)28-21(16)13-20(15)29-23(27)14-6-2-1-3-7-14/h1-9,15-17,20-21,24-25H,10-13H2/t15-,16-,17-,20-,21+/m1/s1. The van der Waals surface area contributed by atoms with Crippen LogP contribution in [0.2, 0.25) is 0 Å². The van der Waals surface area contributed by atoms with Crippen LogP contribution in [0, 0.1) is 11.8 Å². The summed E-state index contributed by atoms with van der Waals surface area (Å²) in [4.78, 5) is 24.4. The van der Waals surface area contributed by atoms with Crippen LogP contribution in [0.25, 0.3) is 0 Å². The molecule has 1 aliphatic carbocycles. The van der Waals surface area contributed by atoms with E-state index in [2.05, 4.69) is 0 Å². The third-order valence-corrected chi connectivity index (χ3v) is 6.37. The molecule has 2 fully saturated rings. The predicted molar refractivity (Wildman–Crippen MR) is 108 cm³/mol. The van der Waals surface area contributed by atoms with Gasteiger partial charge in [-0.25, -0.2) is 4.79 Å². The van der Waals surface area contributed by atoms with Crippen molar-refractivity contribution in [3.8, 4) is 11.5 Å². The van der Waals surface area contributed by atoms with Crippen molar-refractivity contribution in [1.29, 1.82) is 0 Å². The van der Waals surface area contributed by atoms with E-state index < -0.39 is 12.4 Å². The van der Waals surface area contributed by atoms with Crippen LogP contribution in [-0.4, -0.2) is 41.6 Å². The fourth-order valence-corrected chi connectivity index (χ4v) is 4.85. The molecular weight excluding hydrogens is 400 g/mol. The number of ether oxygens (including phenoxy) is 4. The van der Waals surface area contributed by atoms with Gasteiger partial charge in [0.25, 0.3) is 6.29 Å². The number of hydrogen-bond donors (Lipinski definition) is 1. The molecule has 0 amide bonds. The van der Waals surface area contributed by atoms with Gasteiger partial charge in [0.1, 0.15) is 18.3 Å². The monoisotopic (exact) mass is 424 g/mol. The van der Waals surface area contributed by atoms with Gasteiger partial charge in [-0.1, -0.05) is 30.3 Å². The highest BCUT2D eigenvalue weighted by Gasteiger charge is 2.51. The second-order valence-corrected chi connectivity index (χ2v) is 8.30. The van der Waals surface area contributed by atoms with Crippen LogP contribution < -0.4 is 9.47 Å². The Morgan fingerprint density at radius 2 is 1.71 bits per heavy atom. The molecule has 0 radical (unpaired) electrons. The van der Waals surface area contributed by atoms with Crippen molar-refractivity contribution in [1.82, 2.24) is 0 Å². The lowest BCUT2D eigenvalue weighted by Crippen LogP contribution is -2.35. The number of aliphatic hydroxyl groups excluding tert-OH is 1. The topological polar surface area (TPSA) is 91.3 Å². The minimum atomic E-state index is -0.852. The molecule has 7 nitrogen and oxygen atoms in total. The normalized spacial score (nSPS) is 27.6. The molecular formula is C24H24O7. The van der Waals surface area contributed by atoms with E-state index in [1.54, 1.807) is 36.4 Å². The molecule has 2 heterocycles. The zero-order chi connectivity index (χ0) is 21.4. The van der Waals surface area contributed by atoms with Crippen LogP contribution in [0.1, 0.15) is 36.0 Å². The highest BCUT2D eigenvalue weighted by Crippen LogP contribution is 2.45. The van der Waals surface area contributed by atoms with Gasteiger partial charge in [-0.3, -0.25) is 4.79 Å². The molecule has 3 aliphatic rings. The molecule has 1 saturated carbocycles. The number of hydrogen-bond acceptors (Lipinski definition) is 7. The molecule has 2 aromatic carbocycles. The minimum absolute atomic E-state index is 0.0177. The smallest absolute Gasteiger partial charge is 0.338 e. The molecule has 2 aromatic rings. The van der Waals surface area contributed by atoms with Crippen LogP contribution in [-0.2, 0) is 14.3 Å². The molecule has 1 N–H and O–H groups in total. The van der Waals surface area contributed by atoms with Crippen molar-refractivity contribution in [2.45, 2.75) is 50.3 Å². The number of carbonyl (C=O) groups is 2. The Labute approximate surface area is 179 Å². The lowest BCUT2D eigenvalue weighted by molar-refractivity contribution is -0.141. The Balaban J connectivity index is 1.24. The van der Waals surface area contributed by atoms with E-state index in [0.717, 1.165) is 0 Å². The number of aliphatic hydroxyl groups is 1. The number of benzene rings is 2. The average molecular weight is 424 g/mol. The summed E-state index contributed by atoms with van der Waals surface area (Å²) in [6.07, 6.45) is -0.496. The Kier molecular flexibility index (Phi) is 5.28. The van der Waals surface area contributed by atoms with E-state index in [4.69, 9.17) is 18.9 Å². The van der Waals surface area contributed by atoms with Gasteiger partial charge >= 0.3 is 11.9 Å². The lowest BCUT2D eigenvalue weighted by Gasteiger charge is -2.25. The fourth-order valence-electron chi connectivity index (χ4n) is 4.85. The number of carbonyl (C=O) groups excluding carboxylic acids is 2.